The molecule has 1 aromatic rings. The Morgan fingerprint density at radius 3 is 2.10 bits per heavy atom. The van der Waals surface area contributed by atoms with Crippen LogP contribution in [-0.2, 0) is 9.84 Å². The number of rotatable bonds is 8. The Bertz CT molecular complexity index is 561. The smallest absolute Gasteiger partial charge is 0.255 e. The molecular weight excluding hydrogens is 286 g/mol. The molecule has 0 radical (unpaired) electrons. The molecule has 0 heterocycles. The second-order valence-corrected chi connectivity index (χ2v) is 7.18. The molecule has 0 spiro atoms. The first-order valence-corrected chi connectivity index (χ1v) is 9.24. The summed E-state index contributed by atoms with van der Waals surface area (Å²) in [7, 11) is -3.40. The molecule has 0 atom stereocenters. The number of sulfone groups is 1. The molecule has 0 saturated heterocycles. The normalized spacial score (nSPS) is 11.4. The van der Waals surface area contributed by atoms with Crippen LogP contribution in [0.25, 0.3) is 0 Å². The van der Waals surface area contributed by atoms with Gasteiger partial charge in [0.1, 0.15) is 0 Å². The zero-order chi connectivity index (χ0) is 15.9. The minimum Gasteiger partial charge on any atom is -0.339 e. The van der Waals surface area contributed by atoms with Crippen molar-refractivity contribution in [3.63, 3.8) is 0 Å². The van der Waals surface area contributed by atoms with Crippen molar-refractivity contribution in [2.45, 2.75) is 44.9 Å². The maximum absolute atomic E-state index is 12.7. The molecule has 0 fully saturated rings. The van der Waals surface area contributed by atoms with Gasteiger partial charge in [0.05, 0.1) is 16.2 Å². The summed E-state index contributed by atoms with van der Waals surface area (Å²) in [5, 5.41) is 0. The van der Waals surface area contributed by atoms with Gasteiger partial charge >= 0.3 is 0 Å². The van der Waals surface area contributed by atoms with Gasteiger partial charge in [-0.2, -0.15) is 0 Å². The fraction of sp³-hybridized carbons (Fsp3) is 0.562. The molecule has 0 aliphatic heterocycles. The van der Waals surface area contributed by atoms with Crippen LogP contribution in [0.5, 0.6) is 0 Å². The lowest BCUT2D eigenvalue weighted by atomic mass is 10.2. The number of carbonyl (C=O) groups excluding carboxylic acids is 1. The Balaban J connectivity index is 3.21. The zero-order valence-corrected chi connectivity index (χ0v) is 13.9. The topological polar surface area (TPSA) is 54.5 Å². The molecule has 4 nitrogen and oxygen atoms in total. The van der Waals surface area contributed by atoms with Gasteiger partial charge in [0.25, 0.3) is 5.91 Å². The third-order valence-corrected chi connectivity index (χ3v) is 5.17. The van der Waals surface area contributed by atoms with E-state index in [1.54, 1.807) is 23.1 Å². The predicted octanol–water partition coefficient (Wildman–Crippen LogP) is 3.13. The average molecular weight is 311 g/mol. The van der Waals surface area contributed by atoms with Crippen LogP contribution in [0.15, 0.2) is 29.2 Å². The number of nitrogens with zero attached hydrogens (tertiary/aromatic N) is 1. The second kappa shape index (κ2) is 8.17. The van der Waals surface area contributed by atoms with Crippen LogP contribution in [0, 0.1) is 0 Å². The van der Waals surface area contributed by atoms with Gasteiger partial charge in [0.2, 0.25) is 0 Å². The van der Waals surface area contributed by atoms with Crippen molar-refractivity contribution in [3.8, 4) is 0 Å². The summed E-state index contributed by atoms with van der Waals surface area (Å²) >= 11 is 0. The molecule has 118 valence electrons. The van der Waals surface area contributed by atoms with Gasteiger partial charge in [-0.05, 0) is 31.4 Å². The highest BCUT2D eigenvalue weighted by Crippen LogP contribution is 2.20. The lowest BCUT2D eigenvalue weighted by Crippen LogP contribution is -2.33. The van der Waals surface area contributed by atoms with Crippen molar-refractivity contribution < 1.29 is 13.2 Å². The van der Waals surface area contributed by atoms with Crippen LogP contribution in [0.2, 0.25) is 0 Å². The van der Waals surface area contributed by atoms with E-state index in [0.29, 0.717) is 25.1 Å². The standard InChI is InChI=1S/C16H25NO3S/c1-4-11-17(12-5-2)16(18)14-9-7-8-10-15(14)21(19,20)13-6-3/h7-10H,4-6,11-13H2,1-3H3. The monoisotopic (exact) mass is 311 g/mol. The summed E-state index contributed by atoms with van der Waals surface area (Å²) in [5.74, 6) is -0.118. The second-order valence-electron chi connectivity index (χ2n) is 5.11. The van der Waals surface area contributed by atoms with Gasteiger partial charge in [0.15, 0.2) is 9.84 Å². The first-order valence-electron chi connectivity index (χ1n) is 7.58. The zero-order valence-electron chi connectivity index (χ0n) is 13.1. The minimum absolute atomic E-state index is 0.0683. The fourth-order valence-corrected chi connectivity index (χ4v) is 3.85. The molecule has 21 heavy (non-hydrogen) atoms. The van der Waals surface area contributed by atoms with E-state index >= 15 is 0 Å². The average Bonchev–Trinajstić information content (AvgIpc) is 2.46. The number of hydrogen-bond acceptors (Lipinski definition) is 3. The summed E-state index contributed by atoms with van der Waals surface area (Å²) in [6, 6.07) is 6.54. The summed E-state index contributed by atoms with van der Waals surface area (Å²) in [5.41, 5.74) is 0.299. The maximum atomic E-state index is 12.7. The van der Waals surface area contributed by atoms with E-state index in [4.69, 9.17) is 0 Å². The molecule has 0 aliphatic rings. The van der Waals surface area contributed by atoms with Gasteiger partial charge in [-0.3, -0.25) is 4.79 Å². The summed E-state index contributed by atoms with van der Waals surface area (Å²) in [6.45, 7) is 7.14. The van der Waals surface area contributed by atoms with Gasteiger partial charge in [-0.1, -0.05) is 32.9 Å². The van der Waals surface area contributed by atoms with Crippen molar-refractivity contribution in [1.29, 1.82) is 0 Å². The van der Waals surface area contributed by atoms with Crippen LogP contribution in [0.4, 0.5) is 0 Å². The molecule has 0 aromatic heterocycles. The number of carbonyl (C=O) groups is 1. The van der Waals surface area contributed by atoms with Crippen LogP contribution in [0.1, 0.15) is 50.4 Å². The van der Waals surface area contributed by atoms with Gasteiger partial charge in [-0.15, -0.1) is 0 Å². The van der Waals surface area contributed by atoms with Crippen molar-refractivity contribution in [2.75, 3.05) is 18.8 Å². The molecule has 0 N–H and O–H groups in total. The highest BCUT2D eigenvalue weighted by Gasteiger charge is 2.24. The Labute approximate surface area is 128 Å². The number of benzene rings is 1. The Morgan fingerprint density at radius 2 is 1.57 bits per heavy atom. The summed E-state index contributed by atoms with van der Waals surface area (Å²) < 4.78 is 24.7. The van der Waals surface area contributed by atoms with E-state index in [9.17, 15) is 13.2 Å². The van der Waals surface area contributed by atoms with Crippen molar-refractivity contribution >= 4 is 15.7 Å². The largest absolute Gasteiger partial charge is 0.339 e. The Kier molecular flexibility index (Phi) is 6.89. The van der Waals surface area contributed by atoms with E-state index in [1.165, 1.54) is 6.07 Å². The van der Waals surface area contributed by atoms with E-state index < -0.39 is 9.84 Å². The molecule has 0 unspecified atom stereocenters. The molecule has 1 aromatic carbocycles. The van der Waals surface area contributed by atoms with E-state index in [-0.39, 0.29) is 16.6 Å². The van der Waals surface area contributed by atoms with Crippen molar-refractivity contribution in [3.05, 3.63) is 29.8 Å². The molecule has 1 amide bonds. The highest BCUT2D eigenvalue weighted by atomic mass is 32.2. The maximum Gasteiger partial charge on any atom is 0.255 e. The van der Waals surface area contributed by atoms with Crippen LogP contribution in [0.3, 0.4) is 0 Å². The number of hydrogen-bond donors (Lipinski definition) is 0. The molecule has 0 saturated carbocycles. The molecule has 0 aliphatic carbocycles. The number of amides is 1. The van der Waals surface area contributed by atoms with E-state index in [1.807, 2.05) is 20.8 Å². The Hall–Kier alpha value is -1.36. The van der Waals surface area contributed by atoms with E-state index in [2.05, 4.69) is 0 Å². The van der Waals surface area contributed by atoms with Crippen molar-refractivity contribution in [1.82, 2.24) is 4.90 Å². The third kappa shape index (κ3) is 4.56. The minimum atomic E-state index is -3.40. The lowest BCUT2D eigenvalue weighted by molar-refractivity contribution is 0.0751. The van der Waals surface area contributed by atoms with Gasteiger partial charge in [0, 0.05) is 13.1 Å². The quantitative estimate of drug-likeness (QED) is 0.741. The molecular formula is C16H25NO3S. The first-order chi connectivity index (χ1) is 9.97. The van der Waals surface area contributed by atoms with E-state index in [0.717, 1.165) is 12.8 Å². The SMILES string of the molecule is CCCN(CCC)C(=O)c1ccccc1S(=O)(=O)CCC. The van der Waals surface area contributed by atoms with Gasteiger partial charge < -0.3 is 4.90 Å². The summed E-state index contributed by atoms with van der Waals surface area (Å²) in [4.78, 5) is 14.6. The molecule has 1 rings (SSSR count). The lowest BCUT2D eigenvalue weighted by Gasteiger charge is -2.22. The van der Waals surface area contributed by atoms with Crippen molar-refractivity contribution in [2.24, 2.45) is 0 Å². The summed E-state index contributed by atoms with van der Waals surface area (Å²) in [6.07, 6.45) is 2.25. The predicted molar refractivity (Wildman–Crippen MR) is 85.3 cm³/mol. The Morgan fingerprint density at radius 1 is 1.00 bits per heavy atom. The first kappa shape index (κ1) is 17.7. The van der Waals surface area contributed by atoms with Crippen LogP contribution >= 0.6 is 0 Å². The van der Waals surface area contributed by atoms with Gasteiger partial charge in [-0.25, -0.2) is 8.42 Å². The third-order valence-electron chi connectivity index (χ3n) is 3.20. The van der Waals surface area contributed by atoms with Crippen LogP contribution < -0.4 is 0 Å². The molecule has 5 heteroatoms. The fourth-order valence-electron chi connectivity index (χ4n) is 2.32. The highest BCUT2D eigenvalue weighted by molar-refractivity contribution is 7.91. The molecule has 0 bridgehead atoms. The van der Waals surface area contributed by atoms with Crippen LogP contribution in [-0.4, -0.2) is 38.1 Å².